The second-order valence-corrected chi connectivity index (χ2v) is 7.43. The summed E-state index contributed by atoms with van der Waals surface area (Å²) in [7, 11) is -3.69. The normalized spacial score (nSPS) is 20.8. The molecule has 1 aliphatic rings. The Hall–Kier alpha value is -1.11. The van der Waals surface area contributed by atoms with Gasteiger partial charge < -0.3 is 5.73 Å². The molecule has 110 valence electrons. The summed E-state index contributed by atoms with van der Waals surface area (Å²) in [4.78, 5) is 11.1. The van der Waals surface area contributed by atoms with Gasteiger partial charge in [0.15, 0.2) is 0 Å². The largest absolute Gasteiger partial charge is 0.366 e. The second-order valence-electron chi connectivity index (χ2n) is 5.12. The zero-order chi connectivity index (χ0) is 14.9. The van der Waals surface area contributed by atoms with E-state index in [2.05, 4.69) is 0 Å². The minimum absolute atomic E-state index is 0.0513. The molecule has 0 spiro atoms. The minimum atomic E-state index is -3.69. The van der Waals surface area contributed by atoms with E-state index in [1.807, 2.05) is 6.92 Å². The van der Waals surface area contributed by atoms with Crippen molar-refractivity contribution in [2.45, 2.75) is 24.7 Å². The maximum Gasteiger partial charge on any atom is 0.248 e. The lowest BCUT2D eigenvalue weighted by Crippen LogP contribution is -2.39. The van der Waals surface area contributed by atoms with E-state index in [1.54, 1.807) is 0 Å². The molecule has 1 atom stereocenters. The average molecular weight is 317 g/mol. The van der Waals surface area contributed by atoms with E-state index in [0.29, 0.717) is 19.0 Å². The molecule has 20 heavy (non-hydrogen) atoms. The molecular formula is C13H17ClN2O3S. The molecule has 1 heterocycles. The first kappa shape index (κ1) is 15.3. The van der Waals surface area contributed by atoms with Gasteiger partial charge in [-0.1, -0.05) is 18.5 Å². The molecular weight excluding hydrogens is 300 g/mol. The predicted molar refractivity (Wildman–Crippen MR) is 77.1 cm³/mol. The summed E-state index contributed by atoms with van der Waals surface area (Å²) in [6.45, 7) is 2.96. The van der Waals surface area contributed by atoms with Crippen LogP contribution in [0.15, 0.2) is 23.1 Å². The zero-order valence-corrected chi connectivity index (χ0v) is 12.7. The van der Waals surface area contributed by atoms with E-state index in [9.17, 15) is 13.2 Å². The molecule has 0 aliphatic carbocycles. The SMILES string of the molecule is C[C@H]1CCCN(S(=O)(=O)c2cc(C(N)=O)ccc2Cl)C1. The van der Waals surface area contributed by atoms with Crippen LogP contribution in [0.25, 0.3) is 0 Å². The van der Waals surface area contributed by atoms with Gasteiger partial charge in [0.05, 0.1) is 5.02 Å². The van der Waals surface area contributed by atoms with Crippen LogP contribution in [0.1, 0.15) is 30.1 Å². The van der Waals surface area contributed by atoms with Crippen molar-refractivity contribution in [3.63, 3.8) is 0 Å². The van der Waals surface area contributed by atoms with Gasteiger partial charge in [0.2, 0.25) is 15.9 Å². The van der Waals surface area contributed by atoms with Crippen LogP contribution in [0.4, 0.5) is 0 Å². The maximum absolute atomic E-state index is 12.6. The van der Waals surface area contributed by atoms with E-state index in [1.165, 1.54) is 22.5 Å². The number of carbonyl (C=O) groups excluding carboxylic acids is 1. The van der Waals surface area contributed by atoms with E-state index < -0.39 is 15.9 Å². The van der Waals surface area contributed by atoms with Crippen LogP contribution in [-0.2, 0) is 10.0 Å². The summed E-state index contributed by atoms with van der Waals surface area (Å²) in [6, 6.07) is 4.06. The summed E-state index contributed by atoms with van der Waals surface area (Å²) >= 11 is 5.98. The van der Waals surface area contributed by atoms with Crippen LogP contribution in [0.5, 0.6) is 0 Å². The third kappa shape index (κ3) is 2.97. The van der Waals surface area contributed by atoms with Crippen molar-refractivity contribution in [1.29, 1.82) is 0 Å². The molecule has 1 aromatic carbocycles. The Morgan fingerprint density at radius 3 is 2.75 bits per heavy atom. The van der Waals surface area contributed by atoms with Gasteiger partial charge in [0.25, 0.3) is 0 Å². The Morgan fingerprint density at radius 1 is 1.45 bits per heavy atom. The van der Waals surface area contributed by atoms with Gasteiger partial charge in [-0.05, 0) is 37.0 Å². The van der Waals surface area contributed by atoms with Crippen molar-refractivity contribution in [2.24, 2.45) is 11.7 Å². The Morgan fingerprint density at radius 2 is 2.15 bits per heavy atom. The van der Waals surface area contributed by atoms with Gasteiger partial charge in [-0.15, -0.1) is 0 Å². The molecule has 2 N–H and O–H groups in total. The highest BCUT2D eigenvalue weighted by Crippen LogP contribution is 2.28. The van der Waals surface area contributed by atoms with E-state index in [4.69, 9.17) is 17.3 Å². The van der Waals surface area contributed by atoms with Crippen LogP contribution in [0.3, 0.4) is 0 Å². The number of nitrogens with zero attached hydrogens (tertiary/aromatic N) is 1. The number of rotatable bonds is 3. The predicted octanol–water partition coefficient (Wildman–Crippen LogP) is 1.86. The smallest absolute Gasteiger partial charge is 0.248 e. The summed E-state index contributed by atoms with van der Waals surface area (Å²) in [6.07, 6.45) is 1.84. The van der Waals surface area contributed by atoms with Crippen LogP contribution < -0.4 is 5.73 Å². The van der Waals surface area contributed by atoms with Crippen LogP contribution in [-0.4, -0.2) is 31.7 Å². The highest BCUT2D eigenvalue weighted by atomic mass is 35.5. The van der Waals surface area contributed by atoms with Crippen LogP contribution in [0.2, 0.25) is 5.02 Å². The van der Waals surface area contributed by atoms with Gasteiger partial charge in [-0.25, -0.2) is 8.42 Å². The summed E-state index contributed by atoms with van der Waals surface area (Å²) in [5.74, 6) is -0.359. The third-order valence-electron chi connectivity index (χ3n) is 3.45. The van der Waals surface area contributed by atoms with Gasteiger partial charge in [0, 0.05) is 18.7 Å². The molecule has 0 aromatic heterocycles. The van der Waals surface area contributed by atoms with Gasteiger partial charge in [0.1, 0.15) is 4.90 Å². The fraction of sp³-hybridized carbons (Fsp3) is 0.462. The number of sulfonamides is 1. The van der Waals surface area contributed by atoms with Crippen LogP contribution in [0, 0.1) is 5.92 Å². The second kappa shape index (κ2) is 5.71. The van der Waals surface area contributed by atoms with E-state index >= 15 is 0 Å². The standard InChI is InChI=1S/C13H17ClN2O3S/c1-9-3-2-6-16(8-9)20(18,19)12-7-10(13(15)17)4-5-11(12)14/h4-5,7,9H,2-3,6,8H2,1H3,(H2,15,17)/t9-/m0/s1. The molecule has 1 aliphatic heterocycles. The Labute approximate surface area is 123 Å². The first-order valence-electron chi connectivity index (χ1n) is 6.42. The number of benzene rings is 1. The number of carbonyl (C=O) groups is 1. The number of primary amides is 1. The monoisotopic (exact) mass is 316 g/mol. The quantitative estimate of drug-likeness (QED) is 0.924. The summed E-state index contributed by atoms with van der Waals surface area (Å²) < 4.78 is 26.7. The summed E-state index contributed by atoms with van der Waals surface area (Å²) in [5.41, 5.74) is 5.32. The van der Waals surface area contributed by atoms with Crippen molar-refractivity contribution in [2.75, 3.05) is 13.1 Å². The lowest BCUT2D eigenvalue weighted by atomic mass is 10.0. The van der Waals surface area contributed by atoms with E-state index in [0.717, 1.165) is 12.8 Å². The fourth-order valence-electron chi connectivity index (χ4n) is 2.36. The minimum Gasteiger partial charge on any atom is -0.366 e. The molecule has 2 rings (SSSR count). The summed E-state index contributed by atoms with van der Waals surface area (Å²) in [5, 5.41) is 0.105. The maximum atomic E-state index is 12.6. The highest BCUT2D eigenvalue weighted by Gasteiger charge is 2.30. The van der Waals surface area contributed by atoms with Gasteiger partial charge >= 0.3 is 0 Å². The third-order valence-corrected chi connectivity index (χ3v) is 5.80. The number of hydrogen-bond donors (Lipinski definition) is 1. The number of amides is 1. The average Bonchev–Trinajstić information content (AvgIpc) is 2.38. The van der Waals surface area contributed by atoms with Gasteiger partial charge in [-0.2, -0.15) is 4.31 Å². The highest BCUT2D eigenvalue weighted by molar-refractivity contribution is 7.89. The first-order chi connectivity index (χ1) is 9.32. The lowest BCUT2D eigenvalue weighted by Gasteiger charge is -2.30. The molecule has 0 radical (unpaired) electrons. The zero-order valence-electron chi connectivity index (χ0n) is 11.2. The molecule has 1 amide bonds. The molecule has 0 unspecified atom stereocenters. The molecule has 0 saturated carbocycles. The van der Waals surface area contributed by atoms with Crippen LogP contribution >= 0.6 is 11.6 Å². The molecule has 1 fully saturated rings. The fourth-order valence-corrected chi connectivity index (χ4v) is 4.46. The van der Waals surface area contributed by atoms with Crippen molar-refractivity contribution >= 4 is 27.5 Å². The molecule has 5 nitrogen and oxygen atoms in total. The van der Waals surface area contributed by atoms with Crippen molar-refractivity contribution in [3.05, 3.63) is 28.8 Å². The number of piperidine rings is 1. The molecule has 0 bridgehead atoms. The Balaban J connectivity index is 2.43. The van der Waals surface area contributed by atoms with E-state index in [-0.39, 0.29) is 15.5 Å². The number of halogens is 1. The topological polar surface area (TPSA) is 80.5 Å². The molecule has 7 heteroatoms. The Kier molecular flexibility index (Phi) is 4.36. The molecule has 1 saturated heterocycles. The van der Waals surface area contributed by atoms with Crippen molar-refractivity contribution in [3.8, 4) is 0 Å². The molecule has 1 aromatic rings. The number of hydrogen-bond acceptors (Lipinski definition) is 3. The first-order valence-corrected chi connectivity index (χ1v) is 8.23. The Bertz CT molecular complexity index is 631. The number of nitrogens with two attached hydrogens (primary N) is 1. The van der Waals surface area contributed by atoms with Gasteiger partial charge in [-0.3, -0.25) is 4.79 Å². The van der Waals surface area contributed by atoms with Crippen molar-refractivity contribution < 1.29 is 13.2 Å². The lowest BCUT2D eigenvalue weighted by molar-refractivity contribution is 0.1000. The van der Waals surface area contributed by atoms with Crippen molar-refractivity contribution in [1.82, 2.24) is 4.31 Å².